The van der Waals surface area contributed by atoms with E-state index in [-0.39, 0.29) is 6.04 Å². The van der Waals surface area contributed by atoms with Gasteiger partial charge in [0, 0.05) is 17.6 Å². The van der Waals surface area contributed by atoms with Crippen molar-refractivity contribution in [1.82, 2.24) is 4.90 Å². The van der Waals surface area contributed by atoms with E-state index >= 15 is 0 Å². The number of rotatable bonds is 2. The fourth-order valence-electron chi connectivity index (χ4n) is 4.10. The van der Waals surface area contributed by atoms with Gasteiger partial charge in [-0.15, -0.1) is 0 Å². The van der Waals surface area contributed by atoms with E-state index in [2.05, 4.69) is 31.7 Å². The van der Waals surface area contributed by atoms with Gasteiger partial charge < -0.3 is 9.84 Å². The van der Waals surface area contributed by atoms with Gasteiger partial charge >= 0.3 is 0 Å². The number of fused-ring (bicyclic) bond motifs is 1. The van der Waals surface area contributed by atoms with Crippen LogP contribution in [-0.4, -0.2) is 34.7 Å². The van der Waals surface area contributed by atoms with Crippen LogP contribution in [0.5, 0.6) is 5.75 Å². The van der Waals surface area contributed by atoms with E-state index in [1.165, 1.54) is 24.8 Å². The summed E-state index contributed by atoms with van der Waals surface area (Å²) in [6.07, 6.45) is 4.23. The van der Waals surface area contributed by atoms with E-state index < -0.39 is 6.10 Å². The largest absolute Gasteiger partial charge is 0.491 e. The molecule has 3 heteroatoms. The Morgan fingerprint density at radius 3 is 2.62 bits per heavy atom. The predicted octanol–water partition coefficient (Wildman–Crippen LogP) is 3.31. The Morgan fingerprint density at radius 1 is 1.24 bits per heavy atom. The third-order valence-electron chi connectivity index (χ3n) is 5.23. The lowest BCUT2D eigenvalue weighted by molar-refractivity contribution is -0.0472. The lowest BCUT2D eigenvalue weighted by Crippen LogP contribution is -2.55. The predicted molar refractivity (Wildman–Crippen MR) is 84.7 cm³/mol. The van der Waals surface area contributed by atoms with E-state index in [9.17, 15) is 5.11 Å². The second-order valence-electron chi connectivity index (χ2n) is 6.59. The maximum Gasteiger partial charge on any atom is 0.128 e. The number of ether oxygens (including phenoxy) is 1. The molecule has 2 aliphatic rings. The normalized spacial score (nSPS) is 33.3. The van der Waals surface area contributed by atoms with Crippen LogP contribution >= 0.6 is 0 Å². The van der Waals surface area contributed by atoms with Crippen LogP contribution in [0.3, 0.4) is 0 Å². The van der Waals surface area contributed by atoms with Crippen LogP contribution in [0.2, 0.25) is 0 Å². The van der Waals surface area contributed by atoms with Gasteiger partial charge in [0.1, 0.15) is 18.5 Å². The number of hydrogen-bond acceptors (Lipinski definition) is 3. The minimum absolute atomic E-state index is 0.0786. The smallest absolute Gasteiger partial charge is 0.128 e. The Hall–Kier alpha value is -1.06. The van der Waals surface area contributed by atoms with Crippen LogP contribution in [0, 0.1) is 0 Å². The highest BCUT2D eigenvalue weighted by Gasteiger charge is 2.39. The van der Waals surface area contributed by atoms with Crippen molar-refractivity contribution in [2.24, 2.45) is 0 Å². The number of benzene rings is 1. The summed E-state index contributed by atoms with van der Waals surface area (Å²) in [7, 11) is 0. The van der Waals surface area contributed by atoms with Crippen molar-refractivity contribution in [3.8, 4) is 5.75 Å². The Balaban J connectivity index is 1.90. The Morgan fingerprint density at radius 2 is 1.95 bits per heavy atom. The Kier molecular flexibility index (Phi) is 4.23. The van der Waals surface area contributed by atoms with Crippen LogP contribution in [-0.2, 0) is 6.42 Å². The molecule has 3 nitrogen and oxygen atoms in total. The summed E-state index contributed by atoms with van der Waals surface area (Å²) in [6.45, 7) is 7.28. The van der Waals surface area contributed by atoms with Crippen molar-refractivity contribution in [3.63, 3.8) is 0 Å². The van der Waals surface area contributed by atoms with Crippen molar-refractivity contribution in [2.75, 3.05) is 6.61 Å². The zero-order chi connectivity index (χ0) is 15.0. The van der Waals surface area contributed by atoms with Crippen molar-refractivity contribution in [1.29, 1.82) is 0 Å². The van der Waals surface area contributed by atoms with Gasteiger partial charge in [-0.2, -0.15) is 0 Å². The lowest BCUT2D eigenvalue weighted by Gasteiger charge is -2.47. The highest BCUT2D eigenvalue weighted by molar-refractivity contribution is 5.45. The lowest BCUT2D eigenvalue weighted by atomic mass is 9.89. The fraction of sp³-hybridized carbons (Fsp3) is 0.667. The number of para-hydroxylation sites is 1. The summed E-state index contributed by atoms with van der Waals surface area (Å²) in [6, 6.07) is 7.27. The molecule has 1 aromatic carbocycles. The number of aliphatic hydroxyl groups excluding tert-OH is 1. The van der Waals surface area contributed by atoms with Gasteiger partial charge in [0.15, 0.2) is 0 Å². The maximum absolute atomic E-state index is 10.9. The monoisotopic (exact) mass is 289 g/mol. The first-order valence-electron chi connectivity index (χ1n) is 8.33. The van der Waals surface area contributed by atoms with Gasteiger partial charge in [-0.3, -0.25) is 4.90 Å². The van der Waals surface area contributed by atoms with Crippen LogP contribution in [0.25, 0.3) is 0 Å². The number of piperidine rings is 1. The third-order valence-corrected chi connectivity index (χ3v) is 5.23. The third kappa shape index (κ3) is 2.58. The van der Waals surface area contributed by atoms with Crippen molar-refractivity contribution >= 4 is 0 Å². The number of likely N-dealkylation sites (tertiary alicyclic amines) is 1. The second-order valence-corrected chi connectivity index (χ2v) is 6.59. The van der Waals surface area contributed by atoms with E-state index in [0.717, 1.165) is 17.7 Å². The molecule has 116 valence electrons. The quantitative estimate of drug-likeness (QED) is 0.906. The number of nitrogens with zero attached hydrogens (tertiary/aromatic N) is 1. The van der Waals surface area contributed by atoms with Crippen LogP contribution < -0.4 is 4.74 Å². The molecule has 0 spiro atoms. The van der Waals surface area contributed by atoms with Crippen molar-refractivity contribution in [2.45, 2.75) is 70.7 Å². The first kappa shape index (κ1) is 14.9. The molecule has 1 fully saturated rings. The molecule has 1 N–H and O–H groups in total. The van der Waals surface area contributed by atoms with Crippen molar-refractivity contribution < 1.29 is 9.84 Å². The molecule has 0 radical (unpaired) electrons. The molecule has 1 aromatic rings. The summed E-state index contributed by atoms with van der Waals surface area (Å²) >= 11 is 0. The minimum Gasteiger partial charge on any atom is -0.491 e. The van der Waals surface area contributed by atoms with E-state index in [1.807, 2.05) is 12.1 Å². The van der Waals surface area contributed by atoms with Crippen LogP contribution in [0.4, 0.5) is 0 Å². The molecule has 0 aromatic heterocycles. The fourth-order valence-corrected chi connectivity index (χ4v) is 4.10. The summed E-state index contributed by atoms with van der Waals surface area (Å²) < 4.78 is 6.08. The highest BCUT2D eigenvalue weighted by Crippen LogP contribution is 2.39. The summed E-state index contributed by atoms with van der Waals surface area (Å²) in [5.41, 5.74) is 2.17. The van der Waals surface area contributed by atoms with E-state index in [1.54, 1.807) is 0 Å². The topological polar surface area (TPSA) is 32.7 Å². The first-order chi connectivity index (χ1) is 10.1. The van der Waals surface area contributed by atoms with E-state index in [0.29, 0.717) is 18.7 Å². The second kappa shape index (κ2) is 5.98. The summed E-state index contributed by atoms with van der Waals surface area (Å²) in [5.74, 6) is 0.918. The van der Waals surface area contributed by atoms with E-state index in [4.69, 9.17) is 4.74 Å². The zero-order valence-electron chi connectivity index (χ0n) is 13.4. The zero-order valence-corrected chi connectivity index (χ0v) is 13.4. The number of hydrogen-bond donors (Lipinski definition) is 1. The average Bonchev–Trinajstić information content (AvgIpc) is 2.48. The molecule has 4 unspecified atom stereocenters. The molecule has 3 rings (SSSR count). The summed E-state index contributed by atoms with van der Waals surface area (Å²) in [4.78, 5) is 2.48. The molecule has 1 saturated heterocycles. The highest BCUT2D eigenvalue weighted by atomic mass is 16.5. The average molecular weight is 289 g/mol. The maximum atomic E-state index is 10.9. The molecule has 0 bridgehead atoms. The van der Waals surface area contributed by atoms with Gasteiger partial charge in [-0.1, -0.05) is 31.5 Å². The standard InChI is InChI=1S/C18H27NO2/c1-4-14-9-6-10-15-17(20)16(11-21-18(14)15)19-12(2)7-5-8-13(19)3/h6,9-10,12-13,16-17,20H,4-5,7-8,11H2,1-3H3. The molecular weight excluding hydrogens is 262 g/mol. The van der Waals surface area contributed by atoms with Crippen LogP contribution in [0.1, 0.15) is 57.3 Å². The van der Waals surface area contributed by atoms with Crippen LogP contribution in [0.15, 0.2) is 18.2 Å². The molecule has 4 atom stereocenters. The molecular formula is C18H27NO2. The van der Waals surface area contributed by atoms with Crippen molar-refractivity contribution in [3.05, 3.63) is 29.3 Å². The van der Waals surface area contributed by atoms with Gasteiger partial charge in [-0.25, -0.2) is 0 Å². The van der Waals surface area contributed by atoms with Gasteiger partial charge in [0.05, 0.1) is 6.04 Å². The number of aliphatic hydroxyl groups is 1. The molecule has 0 aliphatic carbocycles. The Labute approximate surface area is 127 Å². The Bertz CT molecular complexity index is 492. The number of aryl methyl sites for hydroxylation is 1. The first-order valence-corrected chi connectivity index (χ1v) is 8.33. The molecule has 21 heavy (non-hydrogen) atoms. The summed E-state index contributed by atoms with van der Waals surface area (Å²) in [5, 5.41) is 10.9. The molecule has 2 aliphatic heterocycles. The SMILES string of the molecule is CCc1cccc2c1OCC(N1C(C)CCCC1C)C2O. The van der Waals surface area contributed by atoms with Gasteiger partial charge in [0.25, 0.3) is 0 Å². The molecule has 0 saturated carbocycles. The van der Waals surface area contributed by atoms with Gasteiger partial charge in [0.2, 0.25) is 0 Å². The molecule has 0 amide bonds. The minimum atomic E-state index is -0.441. The van der Waals surface area contributed by atoms with Gasteiger partial charge in [-0.05, 0) is 38.7 Å². The molecule has 2 heterocycles.